The molecule has 0 heterocycles. The van der Waals surface area contributed by atoms with E-state index in [1.54, 1.807) is 24.3 Å². The average Bonchev–Trinajstić information content (AvgIpc) is 2.66. The number of nitrogen functional groups attached to an aromatic ring is 1. The average molecular weight is 380 g/mol. The predicted molar refractivity (Wildman–Crippen MR) is 112 cm³/mol. The molecule has 0 bridgehead atoms. The number of amides is 1. The van der Waals surface area contributed by atoms with Crippen LogP contribution in [-0.4, -0.2) is 19.0 Å². The maximum absolute atomic E-state index is 12.7. The Balaban J connectivity index is 1.91. The van der Waals surface area contributed by atoms with Crippen molar-refractivity contribution in [3.05, 3.63) is 58.7 Å². The van der Waals surface area contributed by atoms with Gasteiger partial charge in [-0.3, -0.25) is 4.79 Å². The lowest BCUT2D eigenvalue weighted by Gasteiger charge is -2.42. The molecule has 0 aliphatic heterocycles. The molecule has 0 unspecified atom stereocenters. The Bertz CT molecular complexity index is 928. The Morgan fingerprint density at radius 3 is 1.96 bits per heavy atom. The van der Waals surface area contributed by atoms with Crippen LogP contribution in [0, 0.1) is 0 Å². The molecule has 1 aliphatic carbocycles. The fraction of sp³-hybridized carbons (Fsp3) is 0.391. The van der Waals surface area contributed by atoms with Gasteiger partial charge in [-0.2, -0.15) is 0 Å². The molecular weight excluding hydrogens is 352 g/mol. The summed E-state index contributed by atoms with van der Waals surface area (Å²) >= 11 is 0. The van der Waals surface area contributed by atoms with Crippen molar-refractivity contribution in [2.45, 2.75) is 51.4 Å². The first kappa shape index (κ1) is 19.9. The molecule has 2 aromatic rings. The summed E-state index contributed by atoms with van der Waals surface area (Å²) in [6, 6.07) is 10.4. The number of hydrogen-bond acceptors (Lipinski definition) is 4. The number of carbonyl (C=O) groups is 2. The quantitative estimate of drug-likeness (QED) is 0.599. The molecule has 3 rings (SSSR count). The van der Waals surface area contributed by atoms with Gasteiger partial charge in [-0.15, -0.1) is 0 Å². The first-order chi connectivity index (χ1) is 13.0. The summed E-state index contributed by atoms with van der Waals surface area (Å²) in [6.07, 6.45) is 2.18. The van der Waals surface area contributed by atoms with Crippen LogP contribution in [0.25, 0.3) is 0 Å². The van der Waals surface area contributed by atoms with Crippen LogP contribution in [0.3, 0.4) is 0 Å². The lowest BCUT2D eigenvalue weighted by Crippen LogP contribution is -2.34. The van der Waals surface area contributed by atoms with Crippen molar-refractivity contribution in [2.24, 2.45) is 0 Å². The molecule has 0 saturated carbocycles. The van der Waals surface area contributed by atoms with Crippen molar-refractivity contribution in [1.29, 1.82) is 0 Å². The van der Waals surface area contributed by atoms with E-state index in [1.807, 2.05) is 12.1 Å². The second-order valence-electron chi connectivity index (χ2n) is 8.78. The van der Waals surface area contributed by atoms with Crippen molar-refractivity contribution < 1.29 is 14.3 Å². The first-order valence-electron chi connectivity index (χ1n) is 9.49. The minimum Gasteiger partial charge on any atom is -0.465 e. The van der Waals surface area contributed by atoms with E-state index in [1.165, 1.54) is 18.2 Å². The molecule has 1 amide bonds. The van der Waals surface area contributed by atoms with Crippen LogP contribution in [0.5, 0.6) is 0 Å². The van der Waals surface area contributed by atoms with E-state index in [2.05, 4.69) is 37.7 Å². The Morgan fingerprint density at radius 2 is 1.43 bits per heavy atom. The smallest absolute Gasteiger partial charge is 0.337 e. The van der Waals surface area contributed by atoms with Gasteiger partial charge in [-0.25, -0.2) is 4.79 Å². The summed E-state index contributed by atoms with van der Waals surface area (Å²) in [5, 5.41) is 2.92. The van der Waals surface area contributed by atoms with Gasteiger partial charge in [0.15, 0.2) is 0 Å². The minimum atomic E-state index is -0.435. The second kappa shape index (κ2) is 6.97. The van der Waals surface area contributed by atoms with Crippen LogP contribution in [0.4, 0.5) is 11.4 Å². The van der Waals surface area contributed by atoms with Crippen molar-refractivity contribution in [1.82, 2.24) is 0 Å². The monoisotopic (exact) mass is 380 g/mol. The van der Waals surface area contributed by atoms with Crippen LogP contribution >= 0.6 is 0 Å². The molecule has 28 heavy (non-hydrogen) atoms. The first-order valence-corrected chi connectivity index (χ1v) is 9.49. The molecule has 2 aromatic carbocycles. The highest BCUT2D eigenvalue weighted by Crippen LogP contribution is 2.47. The largest absolute Gasteiger partial charge is 0.465 e. The number of nitrogens with one attached hydrogen (secondary N) is 1. The van der Waals surface area contributed by atoms with Gasteiger partial charge in [-0.1, -0.05) is 27.7 Å². The Hall–Kier alpha value is -2.82. The molecule has 0 saturated heterocycles. The van der Waals surface area contributed by atoms with Crippen molar-refractivity contribution >= 4 is 23.3 Å². The zero-order valence-electron chi connectivity index (χ0n) is 17.2. The van der Waals surface area contributed by atoms with Crippen molar-refractivity contribution in [3.8, 4) is 0 Å². The molecule has 0 atom stereocenters. The van der Waals surface area contributed by atoms with E-state index >= 15 is 0 Å². The van der Waals surface area contributed by atoms with Crippen molar-refractivity contribution in [3.63, 3.8) is 0 Å². The maximum atomic E-state index is 12.7. The van der Waals surface area contributed by atoms with E-state index in [4.69, 9.17) is 5.73 Å². The van der Waals surface area contributed by atoms with Gasteiger partial charge in [0.2, 0.25) is 0 Å². The number of anilines is 2. The van der Waals surface area contributed by atoms with Gasteiger partial charge < -0.3 is 15.8 Å². The third kappa shape index (κ3) is 3.61. The fourth-order valence-electron chi connectivity index (χ4n) is 3.81. The number of carbonyl (C=O) groups excluding carboxylic acids is 2. The summed E-state index contributed by atoms with van der Waals surface area (Å²) in [4.78, 5) is 24.2. The molecule has 0 fully saturated rings. The highest BCUT2D eigenvalue weighted by molar-refractivity contribution is 6.06. The predicted octanol–water partition coefficient (Wildman–Crippen LogP) is 4.66. The number of methoxy groups -OCH3 is 1. The van der Waals surface area contributed by atoms with Gasteiger partial charge in [0.05, 0.1) is 24.0 Å². The zero-order chi connectivity index (χ0) is 20.7. The SMILES string of the molecule is COC(=O)c1ccc(C(=O)Nc2cc3c(cc2N)C(C)(C)CCC3(C)C)cc1. The molecule has 3 N–H and O–H groups in total. The normalized spacial score (nSPS) is 16.8. The van der Waals surface area contributed by atoms with Crippen LogP contribution in [-0.2, 0) is 15.6 Å². The van der Waals surface area contributed by atoms with Gasteiger partial charge in [0.1, 0.15) is 0 Å². The molecule has 0 spiro atoms. The molecule has 148 valence electrons. The van der Waals surface area contributed by atoms with E-state index in [9.17, 15) is 9.59 Å². The number of esters is 1. The van der Waals surface area contributed by atoms with Gasteiger partial charge in [0.25, 0.3) is 5.91 Å². The van der Waals surface area contributed by atoms with Crippen LogP contribution < -0.4 is 11.1 Å². The lowest BCUT2D eigenvalue weighted by molar-refractivity contribution is 0.0600. The molecule has 0 radical (unpaired) electrons. The number of fused-ring (bicyclic) bond motifs is 1. The van der Waals surface area contributed by atoms with Crippen LogP contribution in [0.2, 0.25) is 0 Å². The second-order valence-corrected chi connectivity index (χ2v) is 8.78. The Kier molecular flexibility index (Phi) is 4.96. The number of nitrogens with two attached hydrogens (primary N) is 1. The number of ether oxygens (including phenoxy) is 1. The summed E-state index contributed by atoms with van der Waals surface area (Å²) < 4.78 is 4.68. The minimum absolute atomic E-state index is 0.0280. The van der Waals surface area contributed by atoms with E-state index < -0.39 is 5.97 Å². The summed E-state index contributed by atoms with van der Waals surface area (Å²) in [6.45, 7) is 8.94. The number of benzene rings is 2. The van der Waals surface area contributed by atoms with E-state index in [-0.39, 0.29) is 16.7 Å². The van der Waals surface area contributed by atoms with Crippen molar-refractivity contribution in [2.75, 3.05) is 18.2 Å². The van der Waals surface area contributed by atoms with Gasteiger partial charge >= 0.3 is 5.97 Å². The maximum Gasteiger partial charge on any atom is 0.337 e. The van der Waals surface area contributed by atoms with E-state index in [0.717, 1.165) is 12.8 Å². The molecule has 1 aliphatic rings. The highest BCUT2D eigenvalue weighted by Gasteiger charge is 2.37. The third-order valence-corrected chi connectivity index (χ3v) is 5.84. The molecule has 0 aromatic heterocycles. The number of rotatable bonds is 3. The third-order valence-electron chi connectivity index (χ3n) is 5.84. The summed E-state index contributed by atoms with van der Waals surface area (Å²) in [5.41, 5.74) is 10.9. The van der Waals surface area contributed by atoms with Gasteiger partial charge in [-0.05, 0) is 71.2 Å². The van der Waals surface area contributed by atoms with E-state index in [0.29, 0.717) is 22.5 Å². The topological polar surface area (TPSA) is 81.4 Å². The highest BCUT2D eigenvalue weighted by atomic mass is 16.5. The lowest BCUT2D eigenvalue weighted by atomic mass is 9.63. The Morgan fingerprint density at radius 1 is 0.929 bits per heavy atom. The fourth-order valence-corrected chi connectivity index (χ4v) is 3.81. The summed E-state index contributed by atoms with van der Waals surface area (Å²) in [5.74, 6) is -0.702. The zero-order valence-corrected chi connectivity index (χ0v) is 17.2. The standard InChI is InChI=1S/C23H28N2O3/c1-22(2)10-11-23(3,4)17-13-19(18(24)12-16(17)22)25-20(26)14-6-8-15(9-7-14)21(27)28-5/h6-9,12-13H,10-11,24H2,1-5H3,(H,25,26). The van der Waals surface area contributed by atoms with Gasteiger partial charge in [0, 0.05) is 5.56 Å². The molecule has 5 heteroatoms. The molecule has 5 nitrogen and oxygen atoms in total. The summed E-state index contributed by atoms with van der Waals surface area (Å²) in [7, 11) is 1.32. The molecular formula is C23H28N2O3. The van der Waals surface area contributed by atoms with Crippen LogP contribution in [0.1, 0.15) is 72.4 Å². The Labute approximate surface area is 166 Å². The number of hydrogen-bond donors (Lipinski definition) is 2. The van der Waals surface area contributed by atoms with Crippen LogP contribution in [0.15, 0.2) is 36.4 Å².